The van der Waals surface area contributed by atoms with Gasteiger partial charge in [0.2, 0.25) is 0 Å². The lowest BCUT2D eigenvalue weighted by Crippen LogP contribution is -2.11. The molecule has 118 valence electrons. The first-order valence-electron chi connectivity index (χ1n) is 7.20. The molecule has 0 unspecified atom stereocenters. The summed E-state index contributed by atoms with van der Waals surface area (Å²) in [5.74, 6) is 0.378. The van der Waals surface area contributed by atoms with Gasteiger partial charge < -0.3 is 14.5 Å². The van der Waals surface area contributed by atoms with E-state index >= 15 is 0 Å². The first-order chi connectivity index (χ1) is 11.2. The molecule has 2 heterocycles. The van der Waals surface area contributed by atoms with Gasteiger partial charge in [0.1, 0.15) is 11.3 Å². The van der Waals surface area contributed by atoms with E-state index in [1.54, 1.807) is 19.4 Å². The normalized spacial score (nSPS) is 10.7. The second-order valence-corrected chi connectivity index (χ2v) is 5.78. The van der Waals surface area contributed by atoms with Gasteiger partial charge in [0.25, 0.3) is 0 Å². The molecule has 6 heteroatoms. The molecule has 3 aromatic rings. The van der Waals surface area contributed by atoms with Crippen molar-refractivity contribution in [1.29, 1.82) is 0 Å². The van der Waals surface area contributed by atoms with Crippen LogP contribution in [0, 0.1) is 0 Å². The predicted octanol–water partition coefficient (Wildman–Crippen LogP) is 4.38. The molecule has 0 saturated carbocycles. The number of benzene rings is 1. The van der Waals surface area contributed by atoms with Crippen molar-refractivity contribution in [2.24, 2.45) is 0 Å². The summed E-state index contributed by atoms with van der Waals surface area (Å²) in [5, 5.41) is 4.11. The van der Waals surface area contributed by atoms with Gasteiger partial charge in [0.05, 0.1) is 30.6 Å². The van der Waals surface area contributed by atoms with E-state index in [0.29, 0.717) is 24.4 Å². The quantitative estimate of drug-likeness (QED) is 0.671. The maximum absolute atomic E-state index is 12.2. The molecular formula is C17H15BrN2O3. The lowest BCUT2D eigenvalue weighted by Gasteiger charge is -2.13. The third kappa shape index (κ3) is 3.37. The van der Waals surface area contributed by atoms with Crippen molar-refractivity contribution in [3.63, 3.8) is 0 Å². The topological polar surface area (TPSA) is 64.4 Å². The Kier molecular flexibility index (Phi) is 4.62. The van der Waals surface area contributed by atoms with Crippen molar-refractivity contribution in [3.8, 4) is 0 Å². The first kappa shape index (κ1) is 15.6. The Bertz CT molecular complexity index is 831. The average molecular weight is 375 g/mol. The summed E-state index contributed by atoms with van der Waals surface area (Å²) >= 11 is 3.46. The molecule has 2 aromatic heterocycles. The lowest BCUT2D eigenvalue weighted by molar-refractivity contribution is 0.0527. The van der Waals surface area contributed by atoms with E-state index in [2.05, 4.69) is 26.2 Å². The minimum Gasteiger partial charge on any atom is -0.467 e. The number of carbonyl (C=O) groups is 1. The van der Waals surface area contributed by atoms with Gasteiger partial charge in [-0.25, -0.2) is 4.79 Å². The molecule has 0 saturated heterocycles. The van der Waals surface area contributed by atoms with Crippen LogP contribution in [0.2, 0.25) is 0 Å². The zero-order chi connectivity index (χ0) is 16.2. The molecule has 0 aliphatic carbocycles. The highest BCUT2D eigenvalue weighted by atomic mass is 79.9. The average Bonchev–Trinajstić information content (AvgIpc) is 3.06. The molecule has 0 bridgehead atoms. The van der Waals surface area contributed by atoms with Gasteiger partial charge >= 0.3 is 5.97 Å². The Labute approximate surface area is 141 Å². The molecule has 3 rings (SSSR count). The zero-order valence-corrected chi connectivity index (χ0v) is 14.1. The minimum atomic E-state index is -0.399. The number of furan rings is 1. The number of aromatic nitrogens is 1. The summed E-state index contributed by atoms with van der Waals surface area (Å²) in [6.07, 6.45) is 3.16. The van der Waals surface area contributed by atoms with E-state index in [9.17, 15) is 4.79 Å². The third-order valence-electron chi connectivity index (χ3n) is 3.34. The van der Waals surface area contributed by atoms with Crippen LogP contribution in [0.1, 0.15) is 23.0 Å². The molecule has 0 atom stereocenters. The number of fused-ring (bicyclic) bond motifs is 1. The molecular weight excluding hydrogens is 360 g/mol. The molecule has 1 N–H and O–H groups in total. The van der Waals surface area contributed by atoms with Crippen molar-refractivity contribution in [1.82, 2.24) is 4.98 Å². The van der Waals surface area contributed by atoms with Gasteiger partial charge in [0.15, 0.2) is 0 Å². The molecule has 5 nitrogen and oxygen atoms in total. The van der Waals surface area contributed by atoms with Crippen LogP contribution in [-0.2, 0) is 11.3 Å². The SMILES string of the molecule is CCOC(=O)c1cnc2ccc(Br)cc2c1NCc1ccco1. The van der Waals surface area contributed by atoms with Gasteiger partial charge in [-0.2, -0.15) is 0 Å². The lowest BCUT2D eigenvalue weighted by atomic mass is 10.1. The smallest absolute Gasteiger partial charge is 0.341 e. The van der Waals surface area contributed by atoms with Crippen LogP contribution in [0.25, 0.3) is 10.9 Å². The second-order valence-electron chi connectivity index (χ2n) is 4.86. The molecule has 1 aromatic carbocycles. The van der Waals surface area contributed by atoms with Crippen LogP contribution >= 0.6 is 15.9 Å². The van der Waals surface area contributed by atoms with Crippen molar-refractivity contribution < 1.29 is 13.9 Å². The number of hydrogen-bond donors (Lipinski definition) is 1. The molecule has 0 aliphatic rings. The van der Waals surface area contributed by atoms with Gasteiger partial charge in [-0.3, -0.25) is 4.98 Å². The number of halogens is 1. The van der Waals surface area contributed by atoms with Gasteiger partial charge in [-0.05, 0) is 37.3 Å². The number of nitrogens with zero attached hydrogens (tertiary/aromatic N) is 1. The number of hydrogen-bond acceptors (Lipinski definition) is 5. The molecule has 0 radical (unpaired) electrons. The minimum absolute atomic E-state index is 0.312. The highest BCUT2D eigenvalue weighted by Gasteiger charge is 2.17. The number of carbonyl (C=O) groups excluding carboxylic acids is 1. The number of pyridine rings is 1. The fourth-order valence-corrected chi connectivity index (χ4v) is 2.67. The van der Waals surface area contributed by atoms with E-state index in [-0.39, 0.29) is 0 Å². The fraction of sp³-hybridized carbons (Fsp3) is 0.176. The number of ether oxygens (including phenoxy) is 1. The molecule has 23 heavy (non-hydrogen) atoms. The maximum Gasteiger partial charge on any atom is 0.341 e. The largest absolute Gasteiger partial charge is 0.467 e. The van der Waals surface area contributed by atoms with Crippen molar-refractivity contribution in [2.45, 2.75) is 13.5 Å². The first-order valence-corrected chi connectivity index (χ1v) is 8.00. The van der Waals surface area contributed by atoms with Crippen LogP contribution in [0.4, 0.5) is 5.69 Å². The predicted molar refractivity (Wildman–Crippen MR) is 91.4 cm³/mol. The fourth-order valence-electron chi connectivity index (χ4n) is 2.31. The van der Waals surface area contributed by atoms with Crippen molar-refractivity contribution in [3.05, 3.63) is 58.6 Å². The zero-order valence-electron chi connectivity index (χ0n) is 12.5. The summed E-state index contributed by atoms with van der Waals surface area (Å²) in [6.45, 7) is 2.55. The van der Waals surface area contributed by atoms with E-state index in [1.165, 1.54) is 0 Å². The monoisotopic (exact) mass is 374 g/mol. The maximum atomic E-state index is 12.2. The molecule has 0 amide bonds. The number of esters is 1. The highest BCUT2D eigenvalue weighted by molar-refractivity contribution is 9.10. The third-order valence-corrected chi connectivity index (χ3v) is 3.84. The Hall–Kier alpha value is -2.34. The Morgan fingerprint density at radius 3 is 3.00 bits per heavy atom. The van der Waals surface area contributed by atoms with Crippen LogP contribution in [0.5, 0.6) is 0 Å². The van der Waals surface area contributed by atoms with E-state index in [4.69, 9.17) is 9.15 Å². The van der Waals surface area contributed by atoms with Crippen molar-refractivity contribution in [2.75, 3.05) is 11.9 Å². The van der Waals surface area contributed by atoms with E-state index in [1.807, 2.05) is 30.3 Å². The second kappa shape index (κ2) is 6.83. The standard InChI is InChI=1S/C17H15BrN2O3/c1-2-22-17(21)14-10-19-15-6-5-11(18)8-13(15)16(14)20-9-12-4-3-7-23-12/h3-8,10H,2,9H2,1H3,(H,19,20). The van der Waals surface area contributed by atoms with Gasteiger partial charge in [-0.1, -0.05) is 15.9 Å². The van der Waals surface area contributed by atoms with Crippen molar-refractivity contribution >= 4 is 38.5 Å². The highest BCUT2D eigenvalue weighted by Crippen LogP contribution is 2.29. The Balaban J connectivity index is 2.06. The van der Waals surface area contributed by atoms with Gasteiger partial charge in [0, 0.05) is 16.1 Å². The summed E-state index contributed by atoms with van der Waals surface area (Å²) in [7, 11) is 0. The van der Waals surface area contributed by atoms with Gasteiger partial charge in [-0.15, -0.1) is 0 Å². The van der Waals surface area contributed by atoms with Crippen LogP contribution in [0.3, 0.4) is 0 Å². The Morgan fingerprint density at radius 1 is 1.39 bits per heavy atom. The Morgan fingerprint density at radius 2 is 2.26 bits per heavy atom. The van der Waals surface area contributed by atoms with E-state index in [0.717, 1.165) is 21.1 Å². The number of anilines is 1. The molecule has 0 aliphatic heterocycles. The van der Waals surface area contributed by atoms with Crippen LogP contribution < -0.4 is 5.32 Å². The van der Waals surface area contributed by atoms with Crippen LogP contribution in [0.15, 0.2) is 51.7 Å². The molecule has 0 spiro atoms. The van der Waals surface area contributed by atoms with Crippen LogP contribution in [-0.4, -0.2) is 17.6 Å². The summed E-state index contributed by atoms with van der Waals surface area (Å²) in [5.41, 5.74) is 1.89. The molecule has 0 fully saturated rings. The summed E-state index contributed by atoms with van der Waals surface area (Å²) < 4.78 is 11.4. The summed E-state index contributed by atoms with van der Waals surface area (Å²) in [4.78, 5) is 16.6. The van der Waals surface area contributed by atoms with E-state index < -0.39 is 5.97 Å². The number of rotatable bonds is 5. The number of nitrogens with one attached hydrogen (secondary N) is 1. The summed E-state index contributed by atoms with van der Waals surface area (Å²) in [6, 6.07) is 9.43.